The second-order valence-corrected chi connectivity index (χ2v) is 6.75. The van der Waals surface area contributed by atoms with E-state index >= 15 is 0 Å². The monoisotopic (exact) mass is 272 g/mol. The normalized spacial score (nSPS) is 35.8. The molecular formula is C14H25Br. The Labute approximate surface area is 103 Å². The van der Waals surface area contributed by atoms with Gasteiger partial charge in [-0.05, 0) is 24.7 Å². The Kier molecular flexibility index (Phi) is 5.00. The summed E-state index contributed by atoms with van der Waals surface area (Å²) in [6.45, 7) is 0. The summed E-state index contributed by atoms with van der Waals surface area (Å²) in [6.07, 6.45) is 16.4. The molecule has 0 aromatic heterocycles. The van der Waals surface area contributed by atoms with Crippen LogP contribution in [0.1, 0.15) is 70.6 Å². The van der Waals surface area contributed by atoms with Gasteiger partial charge in [0.25, 0.3) is 0 Å². The Morgan fingerprint density at radius 1 is 0.600 bits per heavy atom. The highest BCUT2D eigenvalue weighted by molar-refractivity contribution is 9.09. The van der Waals surface area contributed by atoms with Crippen molar-refractivity contribution in [2.24, 2.45) is 11.8 Å². The van der Waals surface area contributed by atoms with Crippen molar-refractivity contribution in [3.8, 4) is 0 Å². The van der Waals surface area contributed by atoms with Crippen LogP contribution in [0.3, 0.4) is 0 Å². The van der Waals surface area contributed by atoms with Crippen molar-refractivity contribution in [2.45, 2.75) is 75.5 Å². The van der Waals surface area contributed by atoms with Crippen LogP contribution in [0.4, 0.5) is 0 Å². The third-order valence-corrected chi connectivity index (χ3v) is 5.62. The number of halogens is 1. The highest BCUT2D eigenvalue weighted by Crippen LogP contribution is 2.39. The van der Waals surface area contributed by atoms with E-state index in [-0.39, 0.29) is 0 Å². The third kappa shape index (κ3) is 3.47. The van der Waals surface area contributed by atoms with Crippen molar-refractivity contribution in [1.82, 2.24) is 0 Å². The van der Waals surface area contributed by atoms with Gasteiger partial charge in [-0.15, -0.1) is 0 Å². The Morgan fingerprint density at radius 3 is 1.87 bits per heavy atom. The molecule has 0 heterocycles. The summed E-state index contributed by atoms with van der Waals surface area (Å²) >= 11 is 3.97. The van der Waals surface area contributed by atoms with Gasteiger partial charge in [-0.2, -0.15) is 0 Å². The van der Waals surface area contributed by atoms with Crippen molar-refractivity contribution in [3.63, 3.8) is 0 Å². The van der Waals surface area contributed by atoms with Gasteiger partial charge in [0.1, 0.15) is 0 Å². The molecule has 2 unspecified atom stereocenters. The van der Waals surface area contributed by atoms with Crippen molar-refractivity contribution in [3.05, 3.63) is 0 Å². The van der Waals surface area contributed by atoms with Gasteiger partial charge in [-0.25, -0.2) is 0 Å². The third-order valence-electron chi connectivity index (χ3n) is 4.49. The average Bonchev–Trinajstić information content (AvgIpc) is 2.59. The van der Waals surface area contributed by atoms with Gasteiger partial charge < -0.3 is 0 Å². The average molecular weight is 273 g/mol. The molecule has 0 saturated heterocycles. The van der Waals surface area contributed by atoms with Gasteiger partial charge >= 0.3 is 0 Å². The van der Waals surface area contributed by atoms with Crippen LogP contribution in [-0.4, -0.2) is 4.83 Å². The van der Waals surface area contributed by atoms with Crippen molar-refractivity contribution in [1.29, 1.82) is 0 Å². The predicted molar refractivity (Wildman–Crippen MR) is 70.5 cm³/mol. The van der Waals surface area contributed by atoms with E-state index in [1.54, 1.807) is 0 Å². The van der Waals surface area contributed by atoms with Gasteiger partial charge in [-0.3, -0.25) is 0 Å². The highest BCUT2D eigenvalue weighted by atomic mass is 79.9. The second-order valence-electron chi connectivity index (χ2n) is 5.57. The summed E-state index contributed by atoms with van der Waals surface area (Å²) in [5.74, 6) is 2.06. The van der Waals surface area contributed by atoms with Crippen molar-refractivity contribution < 1.29 is 0 Å². The van der Waals surface area contributed by atoms with Gasteiger partial charge in [0.15, 0.2) is 0 Å². The Morgan fingerprint density at radius 2 is 1.13 bits per heavy atom. The van der Waals surface area contributed by atoms with E-state index in [1.807, 2.05) is 0 Å². The fraction of sp³-hybridized carbons (Fsp3) is 1.00. The van der Waals surface area contributed by atoms with Crippen LogP contribution >= 0.6 is 15.9 Å². The first-order valence-electron chi connectivity index (χ1n) is 7.02. The van der Waals surface area contributed by atoms with Gasteiger partial charge in [0.2, 0.25) is 0 Å². The number of hydrogen-bond acceptors (Lipinski definition) is 0. The first kappa shape index (κ1) is 12.0. The van der Waals surface area contributed by atoms with E-state index < -0.39 is 0 Å². The minimum Gasteiger partial charge on any atom is -0.0888 e. The van der Waals surface area contributed by atoms with Crippen LogP contribution in [-0.2, 0) is 0 Å². The molecule has 0 amide bonds. The molecular weight excluding hydrogens is 248 g/mol. The molecule has 0 nitrogen and oxygen atoms in total. The fourth-order valence-electron chi connectivity index (χ4n) is 3.56. The van der Waals surface area contributed by atoms with Gasteiger partial charge in [-0.1, -0.05) is 73.7 Å². The highest BCUT2D eigenvalue weighted by Gasteiger charge is 2.29. The number of hydrogen-bond donors (Lipinski definition) is 0. The first-order chi connectivity index (χ1) is 7.38. The van der Waals surface area contributed by atoms with Crippen LogP contribution in [0, 0.1) is 11.8 Å². The van der Waals surface area contributed by atoms with Crippen molar-refractivity contribution in [2.75, 3.05) is 0 Å². The molecule has 2 aliphatic carbocycles. The second kappa shape index (κ2) is 6.27. The summed E-state index contributed by atoms with van der Waals surface area (Å²) < 4.78 is 0. The number of rotatable bonds is 1. The first-order valence-corrected chi connectivity index (χ1v) is 7.93. The SMILES string of the molecule is BrC1CCCCCC1C1CCCCCC1. The van der Waals surface area contributed by atoms with Crippen LogP contribution in [0.2, 0.25) is 0 Å². The van der Waals surface area contributed by atoms with Gasteiger partial charge in [0, 0.05) is 4.83 Å². The topological polar surface area (TPSA) is 0 Å². The summed E-state index contributed by atoms with van der Waals surface area (Å²) in [5.41, 5.74) is 0. The quantitative estimate of drug-likeness (QED) is 0.449. The molecule has 0 radical (unpaired) electrons. The summed E-state index contributed by atoms with van der Waals surface area (Å²) in [5, 5.41) is 0. The smallest absolute Gasteiger partial charge is 0.0176 e. The molecule has 0 aromatic carbocycles. The number of alkyl halides is 1. The van der Waals surface area contributed by atoms with E-state index in [2.05, 4.69) is 15.9 Å². The summed E-state index contributed by atoms with van der Waals surface area (Å²) in [7, 11) is 0. The lowest BCUT2D eigenvalue weighted by Crippen LogP contribution is -2.22. The fourth-order valence-corrected chi connectivity index (χ4v) is 4.58. The van der Waals surface area contributed by atoms with Crippen molar-refractivity contribution >= 4 is 15.9 Å². The Balaban J connectivity index is 1.92. The lowest BCUT2D eigenvalue weighted by molar-refractivity contribution is 0.278. The zero-order valence-electron chi connectivity index (χ0n) is 9.89. The molecule has 0 bridgehead atoms. The molecule has 88 valence electrons. The Hall–Kier alpha value is 0.480. The van der Waals surface area contributed by atoms with Crippen LogP contribution in [0.5, 0.6) is 0 Å². The molecule has 2 fully saturated rings. The maximum Gasteiger partial charge on any atom is 0.0176 e. The van der Waals surface area contributed by atoms with Gasteiger partial charge in [0.05, 0.1) is 0 Å². The summed E-state index contributed by atoms with van der Waals surface area (Å²) in [4.78, 5) is 0.836. The zero-order valence-corrected chi connectivity index (χ0v) is 11.5. The minimum absolute atomic E-state index is 0.836. The largest absolute Gasteiger partial charge is 0.0888 e. The lowest BCUT2D eigenvalue weighted by atomic mass is 9.81. The molecule has 2 rings (SSSR count). The van der Waals surface area contributed by atoms with E-state index in [4.69, 9.17) is 0 Å². The molecule has 0 spiro atoms. The van der Waals surface area contributed by atoms with E-state index in [0.29, 0.717) is 0 Å². The van der Waals surface area contributed by atoms with E-state index in [0.717, 1.165) is 16.7 Å². The molecule has 15 heavy (non-hydrogen) atoms. The maximum atomic E-state index is 3.97. The molecule has 1 heteroatoms. The van der Waals surface area contributed by atoms with Crippen LogP contribution < -0.4 is 0 Å². The lowest BCUT2D eigenvalue weighted by Gasteiger charge is -2.28. The maximum absolute atomic E-state index is 3.97. The standard InChI is InChI=1S/C14H25Br/c15-14-11-7-3-6-10-13(14)12-8-4-1-2-5-9-12/h12-14H,1-11H2. The minimum atomic E-state index is 0.836. The molecule has 2 saturated carbocycles. The summed E-state index contributed by atoms with van der Waals surface area (Å²) in [6, 6.07) is 0. The van der Waals surface area contributed by atoms with Crippen LogP contribution in [0.15, 0.2) is 0 Å². The van der Waals surface area contributed by atoms with E-state index in [1.165, 1.54) is 70.6 Å². The molecule has 2 atom stereocenters. The molecule has 2 aliphatic rings. The molecule has 0 N–H and O–H groups in total. The predicted octanol–water partition coefficient (Wildman–Crippen LogP) is 5.30. The van der Waals surface area contributed by atoms with E-state index in [9.17, 15) is 0 Å². The molecule has 0 aliphatic heterocycles. The Bertz CT molecular complexity index is 170. The van der Waals surface area contributed by atoms with Crippen LogP contribution in [0.25, 0.3) is 0 Å². The zero-order chi connectivity index (χ0) is 10.5. The molecule has 0 aromatic rings.